The Kier molecular flexibility index (Phi) is 6.85. The van der Waals surface area contributed by atoms with Crippen molar-refractivity contribution in [2.24, 2.45) is 0 Å². The lowest BCUT2D eigenvalue weighted by atomic mass is 9.98. The van der Waals surface area contributed by atoms with E-state index in [4.69, 9.17) is 4.74 Å². The van der Waals surface area contributed by atoms with Crippen molar-refractivity contribution in [1.82, 2.24) is 5.32 Å². The number of hydrogen-bond acceptors (Lipinski definition) is 2. The summed E-state index contributed by atoms with van der Waals surface area (Å²) in [6, 6.07) is 27.8. The molecule has 0 spiro atoms. The zero-order valence-electron chi connectivity index (χ0n) is 16.5. The first-order valence-corrected chi connectivity index (χ1v) is 9.87. The Morgan fingerprint density at radius 1 is 0.821 bits per heavy atom. The van der Waals surface area contributed by atoms with Crippen molar-refractivity contribution in [2.75, 3.05) is 0 Å². The molecular weight excluding hydrogens is 346 g/mol. The first kappa shape index (κ1) is 19.7. The fraction of sp³-hybridized carbons (Fsp3) is 0.240. The number of carbonyl (C=O) groups excluding carboxylic acids is 1. The monoisotopic (exact) mass is 373 g/mol. The van der Waals surface area contributed by atoms with Crippen LogP contribution in [0.2, 0.25) is 0 Å². The predicted molar refractivity (Wildman–Crippen MR) is 113 cm³/mol. The van der Waals surface area contributed by atoms with Crippen molar-refractivity contribution >= 4 is 5.91 Å². The van der Waals surface area contributed by atoms with E-state index in [0.717, 1.165) is 23.3 Å². The topological polar surface area (TPSA) is 38.3 Å². The van der Waals surface area contributed by atoms with Gasteiger partial charge in [0.15, 0.2) is 6.10 Å². The number of nitrogens with one attached hydrogen (secondary N) is 1. The quantitative estimate of drug-likeness (QED) is 0.581. The lowest BCUT2D eigenvalue weighted by Crippen LogP contribution is -2.40. The van der Waals surface area contributed by atoms with Crippen molar-refractivity contribution in [1.29, 1.82) is 0 Å². The zero-order chi connectivity index (χ0) is 19.8. The molecule has 0 radical (unpaired) electrons. The molecule has 28 heavy (non-hydrogen) atoms. The first-order chi connectivity index (χ1) is 13.7. The summed E-state index contributed by atoms with van der Waals surface area (Å²) in [7, 11) is 0. The molecule has 1 atom stereocenters. The van der Waals surface area contributed by atoms with Crippen LogP contribution in [0.3, 0.4) is 0 Å². The Morgan fingerprint density at radius 2 is 1.36 bits per heavy atom. The molecule has 0 aromatic heterocycles. The molecule has 0 aliphatic rings. The van der Waals surface area contributed by atoms with E-state index < -0.39 is 6.10 Å². The SMILES string of the molecule is CCc1ccc(O[C@@H](CC)C(=O)NC(c2ccccc2)c2ccccc2)cc1. The van der Waals surface area contributed by atoms with Gasteiger partial charge < -0.3 is 10.1 Å². The summed E-state index contributed by atoms with van der Waals surface area (Å²) in [6.45, 7) is 4.08. The summed E-state index contributed by atoms with van der Waals surface area (Å²) in [5, 5.41) is 3.18. The van der Waals surface area contributed by atoms with E-state index in [-0.39, 0.29) is 11.9 Å². The fourth-order valence-electron chi connectivity index (χ4n) is 3.18. The van der Waals surface area contributed by atoms with Crippen LogP contribution in [-0.2, 0) is 11.2 Å². The molecule has 0 heterocycles. The average molecular weight is 373 g/mol. The molecule has 0 aliphatic carbocycles. The van der Waals surface area contributed by atoms with Crippen LogP contribution in [0.4, 0.5) is 0 Å². The number of amides is 1. The average Bonchev–Trinajstić information content (AvgIpc) is 2.77. The Balaban J connectivity index is 1.77. The molecule has 3 aromatic rings. The molecule has 1 amide bonds. The lowest BCUT2D eigenvalue weighted by molar-refractivity contribution is -0.128. The summed E-state index contributed by atoms with van der Waals surface area (Å²) >= 11 is 0. The Hall–Kier alpha value is -3.07. The number of aryl methyl sites for hydroxylation is 1. The molecule has 3 rings (SSSR count). The molecule has 0 saturated carbocycles. The highest BCUT2D eigenvalue weighted by Crippen LogP contribution is 2.23. The van der Waals surface area contributed by atoms with Crippen molar-refractivity contribution in [3.63, 3.8) is 0 Å². The molecule has 0 unspecified atom stereocenters. The van der Waals surface area contributed by atoms with E-state index in [1.54, 1.807) is 0 Å². The minimum Gasteiger partial charge on any atom is -0.481 e. The van der Waals surface area contributed by atoms with Gasteiger partial charge in [-0.3, -0.25) is 4.79 Å². The van der Waals surface area contributed by atoms with Gasteiger partial charge in [0, 0.05) is 0 Å². The summed E-state index contributed by atoms with van der Waals surface area (Å²) in [5.74, 6) is 0.606. The highest BCUT2D eigenvalue weighted by atomic mass is 16.5. The molecule has 0 aliphatic heterocycles. The van der Waals surface area contributed by atoms with Crippen LogP contribution in [0.25, 0.3) is 0 Å². The molecular formula is C25H27NO2. The minimum atomic E-state index is -0.539. The van der Waals surface area contributed by atoms with E-state index in [0.29, 0.717) is 6.42 Å². The smallest absolute Gasteiger partial charge is 0.261 e. The third-order valence-corrected chi connectivity index (χ3v) is 4.83. The van der Waals surface area contributed by atoms with Gasteiger partial charge in [0.05, 0.1) is 6.04 Å². The van der Waals surface area contributed by atoms with Crippen LogP contribution in [-0.4, -0.2) is 12.0 Å². The van der Waals surface area contributed by atoms with E-state index in [1.165, 1.54) is 5.56 Å². The standard InChI is InChI=1S/C25H27NO2/c1-3-19-15-17-22(18-16-19)28-23(4-2)25(27)26-24(20-11-7-5-8-12-20)21-13-9-6-10-14-21/h5-18,23-24H,3-4H2,1-2H3,(H,26,27)/t23-/m0/s1. The van der Waals surface area contributed by atoms with Crippen LogP contribution in [0.1, 0.15) is 43.0 Å². The van der Waals surface area contributed by atoms with Gasteiger partial charge in [0.2, 0.25) is 0 Å². The number of ether oxygens (including phenoxy) is 1. The van der Waals surface area contributed by atoms with Gasteiger partial charge in [-0.2, -0.15) is 0 Å². The summed E-state index contributed by atoms with van der Waals surface area (Å²) in [6.07, 6.45) is 1.04. The third-order valence-electron chi connectivity index (χ3n) is 4.83. The normalized spacial score (nSPS) is 11.8. The van der Waals surface area contributed by atoms with Crippen LogP contribution in [0.15, 0.2) is 84.9 Å². The van der Waals surface area contributed by atoms with Crippen molar-refractivity contribution in [2.45, 2.75) is 38.8 Å². The molecule has 0 saturated heterocycles. The number of benzene rings is 3. The van der Waals surface area contributed by atoms with Gasteiger partial charge in [-0.05, 0) is 41.7 Å². The molecule has 3 aromatic carbocycles. The summed E-state index contributed by atoms with van der Waals surface area (Å²) in [5.41, 5.74) is 3.34. The van der Waals surface area contributed by atoms with E-state index in [1.807, 2.05) is 91.9 Å². The van der Waals surface area contributed by atoms with Crippen LogP contribution in [0, 0.1) is 0 Å². The molecule has 3 heteroatoms. The van der Waals surface area contributed by atoms with Crippen LogP contribution < -0.4 is 10.1 Å². The first-order valence-electron chi connectivity index (χ1n) is 9.87. The van der Waals surface area contributed by atoms with Gasteiger partial charge in [-0.25, -0.2) is 0 Å². The van der Waals surface area contributed by atoms with Crippen LogP contribution in [0.5, 0.6) is 5.75 Å². The van der Waals surface area contributed by atoms with E-state index in [2.05, 4.69) is 12.2 Å². The minimum absolute atomic E-state index is 0.111. The van der Waals surface area contributed by atoms with Crippen LogP contribution >= 0.6 is 0 Å². The van der Waals surface area contributed by atoms with Crippen molar-refractivity contribution in [3.8, 4) is 5.75 Å². The van der Waals surface area contributed by atoms with Gasteiger partial charge in [-0.15, -0.1) is 0 Å². The predicted octanol–water partition coefficient (Wildman–Crippen LogP) is 5.31. The highest BCUT2D eigenvalue weighted by Gasteiger charge is 2.23. The Labute approximate surface area is 167 Å². The second-order valence-electron chi connectivity index (χ2n) is 6.78. The van der Waals surface area contributed by atoms with Gasteiger partial charge in [0.25, 0.3) is 5.91 Å². The Bertz CT molecular complexity index is 821. The zero-order valence-corrected chi connectivity index (χ0v) is 16.5. The third kappa shape index (κ3) is 5.01. The number of hydrogen-bond donors (Lipinski definition) is 1. The number of carbonyl (C=O) groups is 1. The fourth-order valence-corrected chi connectivity index (χ4v) is 3.18. The molecule has 0 fully saturated rings. The van der Waals surface area contributed by atoms with Gasteiger partial charge in [0.1, 0.15) is 5.75 Å². The molecule has 1 N–H and O–H groups in total. The van der Waals surface area contributed by atoms with Crippen molar-refractivity contribution in [3.05, 3.63) is 102 Å². The van der Waals surface area contributed by atoms with Gasteiger partial charge >= 0.3 is 0 Å². The number of rotatable bonds is 8. The molecule has 3 nitrogen and oxygen atoms in total. The van der Waals surface area contributed by atoms with Crippen molar-refractivity contribution < 1.29 is 9.53 Å². The largest absolute Gasteiger partial charge is 0.481 e. The maximum atomic E-state index is 13.0. The highest BCUT2D eigenvalue weighted by molar-refractivity contribution is 5.82. The van der Waals surface area contributed by atoms with Gasteiger partial charge in [-0.1, -0.05) is 86.6 Å². The summed E-state index contributed by atoms with van der Waals surface area (Å²) < 4.78 is 5.99. The second-order valence-corrected chi connectivity index (χ2v) is 6.78. The molecule has 144 valence electrons. The second kappa shape index (κ2) is 9.75. The summed E-state index contributed by atoms with van der Waals surface area (Å²) in [4.78, 5) is 13.0. The van der Waals surface area contributed by atoms with E-state index in [9.17, 15) is 4.79 Å². The lowest BCUT2D eigenvalue weighted by Gasteiger charge is -2.24. The Morgan fingerprint density at radius 3 is 1.82 bits per heavy atom. The molecule has 0 bridgehead atoms. The maximum absolute atomic E-state index is 13.0. The maximum Gasteiger partial charge on any atom is 0.261 e. The van der Waals surface area contributed by atoms with E-state index >= 15 is 0 Å².